The lowest BCUT2D eigenvalue weighted by Crippen LogP contribution is -2.55. The standard InChI is InChI=1S/C10H19NO2S/c1-3-4-8(2)11-10(9(12)13)5-6-14-7-10/h8,11H,3-7H2,1-2H3,(H,12,13). The van der Waals surface area contributed by atoms with Gasteiger partial charge in [0.2, 0.25) is 0 Å². The lowest BCUT2D eigenvalue weighted by molar-refractivity contribution is -0.144. The predicted octanol–water partition coefficient (Wildman–Crippen LogP) is 1.72. The average molecular weight is 217 g/mol. The van der Waals surface area contributed by atoms with E-state index in [0.717, 1.165) is 25.0 Å². The molecule has 0 spiro atoms. The van der Waals surface area contributed by atoms with E-state index in [1.807, 2.05) is 0 Å². The molecule has 82 valence electrons. The van der Waals surface area contributed by atoms with E-state index in [2.05, 4.69) is 19.2 Å². The van der Waals surface area contributed by atoms with Gasteiger partial charge in [-0.25, -0.2) is 0 Å². The molecule has 0 bridgehead atoms. The number of nitrogens with one attached hydrogen (secondary N) is 1. The van der Waals surface area contributed by atoms with Crippen molar-refractivity contribution in [2.45, 2.75) is 44.7 Å². The van der Waals surface area contributed by atoms with Gasteiger partial charge in [0.25, 0.3) is 0 Å². The minimum atomic E-state index is -0.689. The Morgan fingerprint density at radius 1 is 1.71 bits per heavy atom. The molecule has 0 aromatic carbocycles. The molecule has 0 saturated carbocycles. The molecule has 0 amide bonds. The van der Waals surface area contributed by atoms with Crippen LogP contribution in [0, 0.1) is 0 Å². The van der Waals surface area contributed by atoms with Crippen LogP contribution in [0.2, 0.25) is 0 Å². The molecule has 1 saturated heterocycles. The topological polar surface area (TPSA) is 49.3 Å². The number of hydrogen-bond donors (Lipinski definition) is 2. The summed E-state index contributed by atoms with van der Waals surface area (Å²) in [7, 11) is 0. The van der Waals surface area contributed by atoms with Crippen molar-refractivity contribution in [3.8, 4) is 0 Å². The van der Waals surface area contributed by atoms with Gasteiger partial charge < -0.3 is 5.11 Å². The van der Waals surface area contributed by atoms with Gasteiger partial charge in [0, 0.05) is 11.8 Å². The van der Waals surface area contributed by atoms with E-state index in [0.29, 0.717) is 11.8 Å². The van der Waals surface area contributed by atoms with Crippen LogP contribution in [0.5, 0.6) is 0 Å². The number of carboxylic acids is 1. The summed E-state index contributed by atoms with van der Waals surface area (Å²) in [5.74, 6) is 0.972. The third-order valence-corrected chi connectivity index (χ3v) is 3.87. The van der Waals surface area contributed by atoms with Crippen molar-refractivity contribution >= 4 is 17.7 Å². The van der Waals surface area contributed by atoms with Crippen LogP contribution in [0.25, 0.3) is 0 Å². The third kappa shape index (κ3) is 2.64. The first-order chi connectivity index (χ1) is 6.60. The number of carbonyl (C=O) groups is 1. The highest BCUT2D eigenvalue weighted by Crippen LogP contribution is 2.29. The second-order valence-corrected chi connectivity index (χ2v) is 5.13. The van der Waals surface area contributed by atoms with Gasteiger partial charge in [-0.05, 0) is 25.5 Å². The van der Waals surface area contributed by atoms with Crippen LogP contribution in [0.4, 0.5) is 0 Å². The minimum Gasteiger partial charge on any atom is -0.480 e. The van der Waals surface area contributed by atoms with E-state index >= 15 is 0 Å². The molecule has 2 N–H and O–H groups in total. The van der Waals surface area contributed by atoms with Crippen LogP contribution >= 0.6 is 11.8 Å². The van der Waals surface area contributed by atoms with Crippen molar-refractivity contribution in [3.05, 3.63) is 0 Å². The first kappa shape index (κ1) is 11.9. The molecule has 2 atom stereocenters. The van der Waals surface area contributed by atoms with Crippen LogP contribution in [-0.4, -0.2) is 34.2 Å². The number of carboxylic acid groups (broad SMARTS) is 1. The number of rotatable bonds is 5. The zero-order chi connectivity index (χ0) is 10.6. The Morgan fingerprint density at radius 2 is 2.43 bits per heavy atom. The molecular weight excluding hydrogens is 198 g/mol. The molecule has 1 aliphatic heterocycles. The molecule has 0 aliphatic carbocycles. The molecule has 0 aromatic heterocycles. The maximum atomic E-state index is 11.2. The van der Waals surface area contributed by atoms with Crippen LogP contribution in [0.1, 0.15) is 33.1 Å². The summed E-state index contributed by atoms with van der Waals surface area (Å²) in [6.45, 7) is 4.19. The molecule has 3 nitrogen and oxygen atoms in total. The van der Waals surface area contributed by atoms with Gasteiger partial charge in [-0.2, -0.15) is 11.8 Å². The van der Waals surface area contributed by atoms with Crippen molar-refractivity contribution < 1.29 is 9.90 Å². The van der Waals surface area contributed by atoms with Gasteiger partial charge in [0.1, 0.15) is 5.54 Å². The van der Waals surface area contributed by atoms with Gasteiger partial charge in [-0.15, -0.1) is 0 Å². The summed E-state index contributed by atoms with van der Waals surface area (Å²) in [6, 6.07) is 0.301. The molecule has 0 aromatic rings. The van der Waals surface area contributed by atoms with Crippen molar-refractivity contribution in [1.29, 1.82) is 0 Å². The SMILES string of the molecule is CCCC(C)NC1(C(=O)O)CCSC1. The molecule has 1 fully saturated rings. The van der Waals surface area contributed by atoms with Crippen molar-refractivity contribution in [2.24, 2.45) is 0 Å². The number of thioether (sulfide) groups is 1. The lowest BCUT2D eigenvalue weighted by atomic mass is 9.97. The molecule has 4 heteroatoms. The van der Waals surface area contributed by atoms with Crippen LogP contribution in [0.3, 0.4) is 0 Å². The smallest absolute Gasteiger partial charge is 0.324 e. The first-order valence-corrected chi connectivity index (χ1v) is 6.35. The molecule has 14 heavy (non-hydrogen) atoms. The summed E-state index contributed by atoms with van der Waals surface area (Å²) >= 11 is 1.73. The number of hydrogen-bond acceptors (Lipinski definition) is 3. The fourth-order valence-corrected chi connectivity index (χ4v) is 3.22. The second-order valence-electron chi connectivity index (χ2n) is 4.02. The summed E-state index contributed by atoms with van der Waals surface area (Å²) in [5.41, 5.74) is -0.654. The second kappa shape index (κ2) is 5.03. The van der Waals surface area contributed by atoms with Gasteiger partial charge in [0.15, 0.2) is 0 Å². The molecule has 0 radical (unpaired) electrons. The van der Waals surface area contributed by atoms with Gasteiger partial charge >= 0.3 is 5.97 Å². The quantitative estimate of drug-likeness (QED) is 0.736. The Bertz CT molecular complexity index is 202. The molecule has 2 unspecified atom stereocenters. The van der Waals surface area contributed by atoms with Crippen LogP contribution in [-0.2, 0) is 4.79 Å². The molecule has 1 rings (SSSR count). The maximum Gasteiger partial charge on any atom is 0.324 e. The van der Waals surface area contributed by atoms with E-state index in [9.17, 15) is 9.90 Å². The number of aliphatic carboxylic acids is 1. The fourth-order valence-electron chi connectivity index (χ4n) is 1.89. The van der Waals surface area contributed by atoms with E-state index in [-0.39, 0.29) is 0 Å². The minimum absolute atomic E-state index is 0.301. The lowest BCUT2D eigenvalue weighted by Gasteiger charge is -2.28. The Kier molecular flexibility index (Phi) is 4.26. The molecule has 1 aliphatic rings. The van der Waals surface area contributed by atoms with Crippen molar-refractivity contribution in [3.63, 3.8) is 0 Å². The van der Waals surface area contributed by atoms with Crippen LogP contribution < -0.4 is 5.32 Å². The Morgan fingerprint density at radius 3 is 2.86 bits per heavy atom. The maximum absolute atomic E-state index is 11.2. The van der Waals surface area contributed by atoms with E-state index in [1.54, 1.807) is 11.8 Å². The summed E-state index contributed by atoms with van der Waals surface area (Å²) < 4.78 is 0. The summed E-state index contributed by atoms with van der Waals surface area (Å²) in [5, 5.41) is 12.5. The monoisotopic (exact) mass is 217 g/mol. The Balaban J connectivity index is 2.55. The van der Waals surface area contributed by atoms with E-state index in [1.165, 1.54) is 0 Å². The van der Waals surface area contributed by atoms with E-state index in [4.69, 9.17) is 0 Å². The fraction of sp³-hybridized carbons (Fsp3) is 0.900. The molecular formula is C10H19NO2S. The largest absolute Gasteiger partial charge is 0.480 e. The first-order valence-electron chi connectivity index (χ1n) is 5.19. The third-order valence-electron chi connectivity index (χ3n) is 2.68. The van der Waals surface area contributed by atoms with Crippen molar-refractivity contribution in [2.75, 3.05) is 11.5 Å². The predicted molar refractivity (Wildman–Crippen MR) is 59.8 cm³/mol. The highest BCUT2D eigenvalue weighted by Gasteiger charge is 2.42. The normalized spacial score (nSPS) is 29.0. The summed E-state index contributed by atoms with van der Waals surface area (Å²) in [4.78, 5) is 11.2. The van der Waals surface area contributed by atoms with Gasteiger partial charge in [0.05, 0.1) is 0 Å². The highest BCUT2D eigenvalue weighted by atomic mass is 32.2. The zero-order valence-corrected chi connectivity index (χ0v) is 9.69. The van der Waals surface area contributed by atoms with Crippen LogP contribution in [0.15, 0.2) is 0 Å². The van der Waals surface area contributed by atoms with Gasteiger partial charge in [-0.3, -0.25) is 10.1 Å². The molecule has 1 heterocycles. The highest BCUT2D eigenvalue weighted by molar-refractivity contribution is 7.99. The Labute approximate surface area is 89.6 Å². The summed E-state index contributed by atoms with van der Waals surface area (Å²) in [6.07, 6.45) is 2.89. The van der Waals surface area contributed by atoms with Gasteiger partial charge in [-0.1, -0.05) is 13.3 Å². The van der Waals surface area contributed by atoms with E-state index < -0.39 is 11.5 Å². The average Bonchev–Trinajstić information content (AvgIpc) is 2.54. The zero-order valence-electron chi connectivity index (χ0n) is 8.88. The Hall–Kier alpha value is -0.220. The van der Waals surface area contributed by atoms with Crippen molar-refractivity contribution in [1.82, 2.24) is 5.32 Å².